The summed E-state index contributed by atoms with van der Waals surface area (Å²) >= 11 is 0. The van der Waals surface area contributed by atoms with Gasteiger partial charge in [-0.1, -0.05) is 115 Å². The maximum Gasteiger partial charge on any atom is 0.170 e. The van der Waals surface area contributed by atoms with Crippen molar-refractivity contribution < 1.29 is 8.83 Å². The van der Waals surface area contributed by atoms with E-state index in [2.05, 4.69) is 102 Å². The average Bonchev–Trinajstić information content (AvgIpc) is 3.72. The normalized spacial score (nSPS) is 13.8. The van der Waals surface area contributed by atoms with E-state index in [-0.39, 0.29) is 0 Å². The second-order valence-electron chi connectivity index (χ2n) is 12.2. The standard InChI is InChI=1S/C43H27N3O2/c1-3-12-26(13-4-1)41-44-42(27-14-5-2-6-15-27)46-43(45-41)34-23-30(25-38-40(34)32-18-9-10-20-35(32)47-38)31-19-11-21-36-39(31)33-22-28-16-7-8-17-29(28)24-37(33)48-36/h1-25,43H,(H,44,45,46). The molecular weight excluding hydrogens is 590 g/mol. The zero-order valence-electron chi connectivity index (χ0n) is 25.7. The van der Waals surface area contributed by atoms with Gasteiger partial charge in [0.05, 0.1) is 0 Å². The molecule has 5 heteroatoms. The zero-order valence-corrected chi connectivity index (χ0v) is 25.7. The van der Waals surface area contributed by atoms with Gasteiger partial charge in [-0.15, -0.1) is 0 Å². The Morgan fingerprint density at radius 3 is 1.81 bits per heavy atom. The molecule has 5 nitrogen and oxygen atoms in total. The number of hydrogen-bond acceptors (Lipinski definition) is 5. The first kappa shape index (κ1) is 26.7. The molecule has 0 unspecified atom stereocenters. The molecule has 1 aliphatic rings. The van der Waals surface area contributed by atoms with E-state index in [1.807, 2.05) is 54.6 Å². The van der Waals surface area contributed by atoms with Gasteiger partial charge in [0.2, 0.25) is 0 Å². The van der Waals surface area contributed by atoms with Crippen molar-refractivity contribution in [2.75, 3.05) is 0 Å². The van der Waals surface area contributed by atoms with Gasteiger partial charge in [-0.05, 0) is 58.3 Å². The highest BCUT2D eigenvalue weighted by Gasteiger charge is 2.26. The first-order chi connectivity index (χ1) is 23.8. The number of aliphatic imine (C=N–C) groups is 2. The molecule has 9 aromatic rings. The monoisotopic (exact) mass is 617 g/mol. The second kappa shape index (κ2) is 10.5. The molecule has 3 heterocycles. The molecule has 0 radical (unpaired) electrons. The number of para-hydroxylation sites is 1. The van der Waals surface area contributed by atoms with E-state index in [1.165, 1.54) is 5.39 Å². The lowest BCUT2D eigenvalue weighted by Gasteiger charge is -2.23. The van der Waals surface area contributed by atoms with E-state index in [0.29, 0.717) is 0 Å². The van der Waals surface area contributed by atoms with E-state index in [9.17, 15) is 0 Å². The molecule has 0 atom stereocenters. The fourth-order valence-electron chi connectivity index (χ4n) is 7.07. The molecule has 0 saturated carbocycles. The van der Waals surface area contributed by atoms with Crippen molar-refractivity contribution in [3.63, 3.8) is 0 Å². The van der Waals surface area contributed by atoms with Gasteiger partial charge in [0.15, 0.2) is 6.17 Å². The molecule has 10 rings (SSSR count). The summed E-state index contributed by atoms with van der Waals surface area (Å²) in [5.41, 5.74) is 8.40. The summed E-state index contributed by atoms with van der Waals surface area (Å²) in [7, 11) is 0. The van der Waals surface area contributed by atoms with E-state index < -0.39 is 6.17 Å². The maximum atomic E-state index is 6.57. The van der Waals surface area contributed by atoms with Crippen molar-refractivity contribution in [2.24, 2.45) is 9.98 Å². The number of nitrogens with zero attached hydrogens (tertiary/aromatic N) is 2. The number of nitrogens with one attached hydrogen (secondary N) is 1. The number of rotatable bonds is 4. The molecule has 7 aromatic carbocycles. The first-order valence-electron chi connectivity index (χ1n) is 16.1. The molecular formula is C43H27N3O2. The van der Waals surface area contributed by atoms with Crippen LogP contribution in [0.5, 0.6) is 0 Å². The summed E-state index contributed by atoms with van der Waals surface area (Å²) in [5, 5.41) is 10.1. The van der Waals surface area contributed by atoms with Crippen LogP contribution in [-0.2, 0) is 0 Å². The molecule has 0 saturated heterocycles. The lowest BCUT2D eigenvalue weighted by Crippen LogP contribution is -2.36. The van der Waals surface area contributed by atoms with Gasteiger partial charge in [-0.2, -0.15) is 0 Å². The van der Waals surface area contributed by atoms with Gasteiger partial charge in [0.1, 0.15) is 34.0 Å². The Morgan fingerprint density at radius 2 is 1.06 bits per heavy atom. The number of furan rings is 2. The van der Waals surface area contributed by atoms with Crippen molar-refractivity contribution >= 4 is 66.3 Å². The highest BCUT2D eigenvalue weighted by atomic mass is 16.3. The number of amidine groups is 2. The Balaban J connectivity index is 1.26. The van der Waals surface area contributed by atoms with Gasteiger partial charge in [0, 0.05) is 38.2 Å². The maximum absolute atomic E-state index is 6.57. The van der Waals surface area contributed by atoms with E-state index in [0.717, 1.165) is 88.8 Å². The fraction of sp³-hybridized carbons (Fsp3) is 0.0233. The minimum Gasteiger partial charge on any atom is -0.456 e. The van der Waals surface area contributed by atoms with Gasteiger partial charge in [0.25, 0.3) is 0 Å². The van der Waals surface area contributed by atoms with Crippen molar-refractivity contribution in [2.45, 2.75) is 6.17 Å². The third-order valence-electron chi connectivity index (χ3n) is 9.30. The molecule has 0 aliphatic carbocycles. The second-order valence-corrected chi connectivity index (χ2v) is 12.2. The largest absolute Gasteiger partial charge is 0.456 e. The molecule has 48 heavy (non-hydrogen) atoms. The van der Waals surface area contributed by atoms with E-state index >= 15 is 0 Å². The smallest absolute Gasteiger partial charge is 0.170 e. The van der Waals surface area contributed by atoms with Crippen LogP contribution in [0.4, 0.5) is 0 Å². The predicted molar refractivity (Wildman–Crippen MR) is 196 cm³/mol. The SMILES string of the molecule is c1ccc(C2=NC(c3cc(-c4cccc5oc6cc7ccccc7cc6c45)cc4oc5ccccc5c34)N=C(c3ccccc3)N2)cc1. The van der Waals surface area contributed by atoms with Crippen LogP contribution >= 0.6 is 0 Å². The summed E-state index contributed by atoms with van der Waals surface area (Å²) < 4.78 is 13.0. The Morgan fingerprint density at radius 1 is 0.438 bits per heavy atom. The number of hydrogen-bond donors (Lipinski definition) is 1. The summed E-state index contributed by atoms with van der Waals surface area (Å²) in [6, 6.07) is 52.1. The highest BCUT2D eigenvalue weighted by molar-refractivity contribution is 6.18. The molecule has 1 N–H and O–H groups in total. The summed E-state index contributed by atoms with van der Waals surface area (Å²) in [6.45, 7) is 0. The Bertz CT molecular complexity index is 2700. The van der Waals surface area contributed by atoms with Gasteiger partial charge in [-0.3, -0.25) is 0 Å². The highest BCUT2D eigenvalue weighted by Crippen LogP contribution is 2.43. The minimum absolute atomic E-state index is 0.524. The molecule has 0 bridgehead atoms. The number of benzene rings is 7. The third kappa shape index (κ3) is 4.25. The topological polar surface area (TPSA) is 63.0 Å². The quantitative estimate of drug-likeness (QED) is 0.214. The molecule has 0 spiro atoms. The van der Waals surface area contributed by atoms with Crippen LogP contribution in [0.25, 0.3) is 65.8 Å². The average molecular weight is 618 g/mol. The lowest BCUT2D eigenvalue weighted by atomic mass is 9.94. The van der Waals surface area contributed by atoms with E-state index in [4.69, 9.17) is 18.8 Å². The van der Waals surface area contributed by atoms with Crippen LogP contribution in [0.3, 0.4) is 0 Å². The van der Waals surface area contributed by atoms with E-state index in [1.54, 1.807) is 0 Å². The van der Waals surface area contributed by atoms with Gasteiger partial charge < -0.3 is 14.2 Å². The van der Waals surface area contributed by atoms with Crippen molar-refractivity contribution in [1.82, 2.24) is 5.32 Å². The van der Waals surface area contributed by atoms with Crippen LogP contribution in [0.1, 0.15) is 22.9 Å². The van der Waals surface area contributed by atoms with Crippen molar-refractivity contribution in [3.8, 4) is 11.1 Å². The number of fused-ring (bicyclic) bond motifs is 7. The lowest BCUT2D eigenvalue weighted by molar-refractivity contribution is 0.667. The van der Waals surface area contributed by atoms with Crippen LogP contribution in [-0.4, -0.2) is 11.7 Å². The molecule has 1 aliphatic heterocycles. The molecule has 2 aromatic heterocycles. The Kier molecular flexibility index (Phi) is 5.87. The summed E-state index contributed by atoms with van der Waals surface area (Å²) in [6.07, 6.45) is -0.524. The van der Waals surface area contributed by atoms with Crippen LogP contribution in [0, 0.1) is 0 Å². The van der Waals surface area contributed by atoms with Gasteiger partial charge in [-0.25, -0.2) is 9.98 Å². The molecule has 0 fully saturated rings. The third-order valence-corrected chi connectivity index (χ3v) is 9.30. The van der Waals surface area contributed by atoms with Crippen LogP contribution in [0.2, 0.25) is 0 Å². The zero-order chi connectivity index (χ0) is 31.6. The van der Waals surface area contributed by atoms with Crippen molar-refractivity contribution in [3.05, 3.63) is 168 Å². The summed E-state index contributed by atoms with van der Waals surface area (Å²) in [4.78, 5) is 10.5. The van der Waals surface area contributed by atoms with Crippen molar-refractivity contribution in [1.29, 1.82) is 0 Å². The first-order valence-corrected chi connectivity index (χ1v) is 16.1. The van der Waals surface area contributed by atoms with Crippen LogP contribution < -0.4 is 5.32 Å². The van der Waals surface area contributed by atoms with Gasteiger partial charge >= 0.3 is 0 Å². The molecule has 0 amide bonds. The molecule has 226 valence electrons. The Hall–Kier alpha value is -6.46. The minimum atomic E-state index is -0.524. The fourth-order valence-corrected chi connectivity index (χ4v) is 7.07. The predicted octanol–water partition coefficient (Wildman–Crippen LogP) is 10.8. The Labute approximate surface area is 275 Å². The van der Waals surface area contributed by atoms with Crippen LogP contribution in [0.15, 0.2) is 170 Å². The summed E-state index contributed by atoms with van der Waals surface area (Å²) in [5.74, 6) is 1.55.